The summed E-state index contributed by atoms with van der Waals surface area (Å²) in [6.07, 6.45) is 10.8. The Balaban J connectivity index is 1.18. The molecule has 8 rings (SSSR count). The van der Waals surface area contributed by atoms with Crippen LogP contribution in [-0.2, 0) is 28.5 Å². The third-order valence-corrected chi connectivity index (χ3v) is 16.9. The van der Waals surface area contributed by atoms with Crippen molar-refractivity contribution in [3.8, 4) is 0 Å². The third-order valence-electron chi connectivity index (χ3n) is 15.7. The molecule has 6 saturated heterocycles. The van der Waals surface area contributed by atoms with E-state index in [-0.39, 0.29) is 35.2 Å². The molecule has 0 aromatic heterocycles. The quantitative estimate of drug-likeness (QED) is 0.196. The fraction of sp³-hybridized carbons (Fsp3) is 0.867. The number of nitrogens with zero attached hydrogens (tertiary/aromatic N) is 1. The van der Waals surface area contributed by atoms with Gasteiger partial charge >= 0.3 is 5.97 Å². The topological polar surface area (TPSA) is 183 Å². The lowest BCUT2D eigenvalue weighted by atomic mass is 9.57. The van der Waals surface area contributed by atoms with E-state index < -0.39 is 59.4 Å². The Hall–Kier alpha value is -1.39. The minimum atomic E-state index is -1.16. The molecule has 1 aliphatic carbocycles. The van der Waals surface area contributed by atoms with Crippen molar-refractivity contribution >= 4 is 23.4 Å². The molecule has 0 unspecified atom stereocenters. The SMILES string of the molecule is C=C1CCCC2=NC[C@H](C)[C@@H](C)C[C@@]23CCC([C@@H](O)CSC[C@H](N)C(=O)O)=C[C@@H]3[C@@H]2O[C@]3(C[C@H]4CCC[C@@]5(CC[C@@]6(O[C@@H](CC[C@@]6(C)O)C1)O5)O4)C[C@@H](C)[C@@H](O)[C@H]2O3. The van der Waals surface area contributed by atoms with Gasteiger partial charge in [0.15, 0.2) is 11.6 Å². The van der Waals surface area contributed by atoms with E-state index in [0.717, 1.165) is 75.5 Å². The number of fused-ring (bicyclic) bond motifs is 6. The Morgan fingerprint density at radius 2 is 1.71 bits per heavy atom. The Morgan fingerprint density at radius 3 is 2.50 bits per heavy atom. The van der Waals surface area contributed by atoms with E-state index >= 15 is 0 Å². The van der Waals surface area contributed by atoms with Crippen LogP contribution in [0.15, 0.2) is 28.8 Å². The summed E-state index contributed by atoms with van der Waals surface area (Å²) in [5.41, 5.74) is 7.50. The number of hydrogen-bond donors (Lipinski definition) is 5. The lowest BCUT2D eigenvalue weighted by Gasteiger charge is -2.50. The highest BCUT2D eigenvalue weighted by molar-refractivity contribution is 7.99. The molecule has 0 aromatic carbocycles. The first-order valence-electron chi connectivity index (χ1n) is 22.4. The van der Waals surface area contributed by atoms with Crippen molar-refractivity contribution in [3.05, 3.63) is 23.8 Å². The molecule has 7 aliphatic heterocycles. The van der Waals surface area contributed by atoms with Crippen molar-refractivity contribution in [1.29, 1.82) is 0 Å². The Kier molecular flexibility index (Phi) is 12.2. The Morgan fingerprint density at radius 1 is 0.914 bits per heavy atom. The highest BCUT2D eigenvalue weighted by Crippen LogP contribution is 2.59. The molecular weight excluding hydrogens is 761 g/mol. The molecule has 16 atom stereocenters. The van der Waals surface area contributed by atoms with E-state index in [2.05, 4.69) is 33.4 Å². The second-order valence-corrected chi connectivity index (χ2v) is 21.2. The molecule has 4 spiro atoms. The Bertz CT molecular complexity index is 1620. The summed E-state index contributed by atoms with van der Waals surface area (Å²) in [6, 6.07) is -0.995. The highest BCUT2D eigenvalue weighted by atomic mass is 32.2. The van der Waals surface area contributed by atoms with E-state index in [1.807, 2.05) is 6.92 Å². The number of ether oxygens (including phenoxy) is 5. The van der Waals surface area contributed by atoms with Gasteiger partial charge in [-0.2, -0.15) is 11.8 Å². The van der Waals surface area contributed by atoms with Gasteiger partial charge in [-0.05, 0) is 101 Å². The number of rotatable bonds is 6. The van der Waals surface area contributed by atoms with Gasteiger partial charge in [-0.1, -0.05) is 39.0 Å². The molecule has 0 aromatic rings. The average Bonchev–Trinajstić information content (AvgIpc) is 3.65. The fourth-order valence-electron chi connectivity index (χ4n) is 12.1. The molecule has 0 radical (unpaired) electrons. The van der Waals surface area contributed by atoms with Crippen LogP contribution < -0.4 is 5.73 Å². The minimum absolute atomic E-state index is 0.0801. The van der Waals surface area contributed by atoms with Gasteiger partial charge < -0.3 is 49.8 Å². The lowest BCUT2D eigenvalue weighted by molar-refractivity contribution is -0.403. The maximum atomic E-state index is 12.0. The number of aliphatic carboxylic acids is 1. The van der Waals surface area contributed by atoms with E-state index in [0.29, 0.717) is 62.5 Å². The van der Waals surface area contributed by atoms with Crippen LogP contribution in [0.2, 0.25) is 0 Å². The molecular formula is C45H70N2O10S. The molecule has 326 valence electrons. The molecule has 8 aliphatic rings. The third kappa shape index (κ3) is 8.05. The summed E-state index contributed by atoms with van der Waals surface area (Å²) in [4.78, 5) is 16.9. The van der Waals surface area contributed by atoms with Crippen molar-refractivity contribution in [2.75, 3.05) is 18.1 Å². The van der Waals surface area contributed by atoms with Gasteiger partial charge in [0.2, 0.25) is 5.79 Å². The normalized spacial score (nSPS) is 48.1. The van der Waals surface area contributed by atoms with Gasteiger partial charge in [-0.3, -0.25) is 9.79 Å². The summed E-state index contributed by atoms with van der Waals surface area (Å²) in [6.45, 7) is 13.9. The molecule has 58 heavy (non-hydrogen) atoms. The summed E-state index contributed by atoms with van der Waals surface area (Å²) in [5, 5.41) is 44.8. The number of carboxylic acids is 1. The monoisotopic (exact) mass is 830 g/mol. The molecule has 6 N–H and O–H groups in total. The van der Waals surface area contributed by atoms with E-state index in [4.69, 9.17) is 34.4 Å². The zero-order chi connectivity index (χ0) is 41.3. The zero-order valence-electron chi connectivity index (χ0n) is 35.2. The van der Waals surface area contributed by atoms with E-state index in [1.54, 1.807) is 0 Å². The smallest absolute Gasteiger partial charge is 0.321 e. The van der Waals surface area contributed by atoms with Gasteiger partial charge in [0.1, 0.15) is 17.7 Å². The molecule has 7 bridgehead atoms. The first-order chi connectivity index (χ1) is 27.5. The number of aliphatic hydroxyl groups excluding tert-OH is 2. The second kappa shape index (κ2) is 16.4. The largest absolute Gasteiger partial charge is 0.480 e. The van der Waals surface area contributed by atoms with Crippen LogP contribution in [0, 0.1) is 29.1 Å². The number of hydrogen-bond acceptors (Lipinski definition) is 12. The van der Waals surface area contributed by atoms with E-state index in [9.17, 15) is 25.2 Å². The molecule has 0 saturated carbocycles. The fourth-order valence-corrected chi connectivity index (χ4v) is 13.1. The van der Waals surface area contributed by atoms with Gasteiger partial charge in [-0.25, -0.2) is 0 Å². The number of thioether (sulfide) groups is 1. The predicted octanol–water partition coefficient (Wildman–Crippen LogP) is 6.04. The number of aliphatic hydroxyl groups is 3. The molecule has 7 heterocycles. The van der Waals surface area contributed by atoms with Crippen LogP contribution in [0.4, 0.5) is 0 Å². The van der Waals surface area contributed by atoms with Gasteiger partial charge in [0, 0.05) is 67.2 Å². The summed E-state index contributed by atoms with van der Waals surface area (Å²) < 4.78 is 35.2. The van der Waals surface area contributed by atoms with Gasteiger partial charge in [0.05, 0.1) is 30.5 Å². The highest BCUT2D eigenvalue weighted by Gasteiger charge is 2.66. The number of aliphatic imine (C=N–C) groups is 1. The van der Waals surface area contributed by atoms with Crippen LogP contribution in [0.25, 0.3) is 0 Å². The Labute approximate surface area is 349 Å². The average molecular weight is 831 g/mol. The first-order valence-corrected chi connectivity index (χ1v) is 23.6. The lowest BCUT2D eigenvalue weighted by Crippen LogP contribution is -2.60. The van der Waals surface area contributed by atoms with Crippen LogP contribution >= 0.6 is 11.8 Å². The second-order valence-electron chi connectivity index (χ2n) is 20.1. The summed E-state index contributed by atoms with van der Waals surface area (Å²) in [7, 11) is 0. The predicted molar refractivity (Wildman–Crippen MR) is 221 cm³/mol. The molecule has 0 amide bonds. The molecule has 13 heteroatoms. The number of carboxylic acid groups (broad SMARTS) is 1. The van der Waals surface area contributed by atoms with Crippen LogP contribution in [0.5, 0.6) is 0 Å². The van der Waals surface area contributed by atoms with Gasteiger partial charge in [-0.15, -0.1) is 0 Å². The molecule has 12 nitrogen and oxygen atoms in total. The first kappa shape index (κ1) is 43.3. The van der Waals surface area contributed by atoms with Gasteiger partial charge in [0.25, 0.3) is 0 Å². The van der Waals surface area contributed by atoms with Crippen LogP contribution in [0.1, 0.15) is 130 Å². The number of carbonyl (C=O) groups is 1. The van der Waals surface area contributed by atoms with Crippen molar-refractivity contribution < 1.29 is 48.9 Å². The summed E-state index contributed by atoms with van der Waals surface area (Å²) in [5.74, 6) is -3.07. The minimum Gasteiger partial charge on any atom is -0.480 e. The molecule has 6 fully saturated rings. The maximum absolute atomic E-state index is 12.0. The zero-order valence-corrected chi connectivity index (χ0v) is 36.1. The number of nitrogens with two attached hydrogens (primary N) is 1. The summed E-state index contributed by atoms with van der Waals surface area (Å²) >= 11 is 1.35. The van der Waals surface area contributed by atoms with Crippen LogP contribution in [0.3, 0.4) is 0 Å². The van der Waals surface area contributed by atoms with Crippen molar-refractivity contribution in [1.82, 2.24) is 0 Å². The van der Waals surface area contributed by atoms with Crippen molar-refractivity contribution in [3.63, 3.8) is 0 Å². The van der Waals surface area contributed by atoms with Crippen LogP contribution in [-0.4, -0.2) is 116 Å². The standard InChI is InChI=1S/C45H70N2O10S/c1-26-8-6-10-36-42(20-27(2)29(4)23-47-36)15-11-30(35(48)25-58-24-34(46)40(50)51)19-33(42)38-39-37(49)28(3)21-44(55-38,56-39)22-32-9-7-13-43(53-32)16-17-45(57-43)41(5,52)14-12-31(18-26)54-45/h19,27-29,31-35,37-39,48-49,52H,1,6-18,20-25,46H2,2-5H3,(H,50,51)/t27-,28+,29-,31-,32+,33+,34-,35-,37+,38-,39+,41+,42+,43+,44+,45+/m0/s1. The van der Waals surface area contributed by atoms with E-state index in [1.165, 1.54) is 17.5 Å². The van der Waals surface area contributed by atoms with Crippen molar-refractivity contribution in [2.45, 2.75) is 196 Å². The van der Waals surface area contributed by atoms with Crippen molar-refractivity contribution in [2.24, 2.45) is 39.8 Å². The maximum Gasteiger partial charge on any atom is 0.321 e.